The molecule has 1 aromatic heterocycles. The third kappa shape index (κ3) is 10.6. The Morgan fingerprint density at radius 3 is 2.70 bits per heavy atom. The molecule has 0 saturated heterocycles. The zero-order valence-corrected chi connectivity index (χ0v) is 16.3. The van der Waals surface area contributed by atoms with Crippen LogP contribution in [0.15, 0.2) is 23.3 Å². The lowest BCUT2D eigenvalue weighted by atomic mass is 10.2. The lowest BCUT2D eigenvalue weighted by Gasteiger charge is -2.17. The molecule has 154 valence electrons. The van der Waals surface area contributed by atoms with Crippen molar-refractivity contribution in [1.82, 2.24) is 15.6 Å². The van der Waals surface area contributed by atoms with Gasteiger partial charge in [-0.25, -0.2) is 18.4 Å². The Balaban J connectivity index is 2.77. The summed E-state index contributed by atoms with van der Waals surface area (Å²) in [6, 6.07) is 3.01. The molecule has 2 N–H and O–H groups in total. The highest BCUT2D eigenvalue weighted by molar-refractivity contribution is 7.90. The predicted octanol–water partition coefficient (Wildman–Crippen LogP) is 1.90. The topological polar surface area (TPSA) is 92.7 Å². The Bertz CT molecular complexity index is 724. The number of hydrogen-bond acceptors (Lipinski definition) is 5. The first-order chi connectivity index (χ1) is 12.5. The Hall–Kier alpha value is -2.04. The van der Waals surface area contributed by atoms with Gasteiger partial charge < -0.3 is 15.4 Å². The Morgan fingerprint density at radius 1 is 1.41 bits per heavy atom. The highest BCUT2D eigenvalue weighted by atomic mass is 32.2. The van der Waals surface area contributed by atoms with Crippen LogP contribution in [-0.2, 0) is 16.4 Å². The molecule has 0 aliphatic carbocycles. The van der Waals surface area contributed by atoms with Crippen molar-refractivity contribution in [3.8, 4) is 5.88 Å². The average molecular weight is 410 g/mol. The van der Waals surface area contributed by atoms with Crippen LogP contribution >= 0.6 is 0 Å². The summed E-state index contributed by atoms with van der Waals surface area (Å²) in [4.78, 5) is 8.14. The smallest absolute Gasteiger partial charge is 0.422 e. The number of nitrogens with one attached hydrogen (secondary N) is 2. The quantitative estimate of drug-likeness (QED) is 0.477. The van der Waals surface area contributed by atoms with Gasteiger partial charge >= 0.3 is 6.18 Å². The van der Waals surface area contributed by atoms with E-state index in [2.05, 4.69) is 20.6 Å². The molecule has 0 aliphatic heterocycles. The van der Waals surface area contributed by atoms with E-state index < -0.39 is 22.6 Å². The van der Waals surface area contributed by atoms with Crippen molar-refractivity contribution in [2.75, 3.05) is 25.2 Å². The largest absolute Gasteiger partial charge is 0.468 e. The first-order valence-electron chi connectivity index (χ1n) is 8.36. The van der Waals surface area contributed by atoms with Gasteiger partial charge in [-0.15, -0.1) is 0 Å². The standard InChI is InChI=1S/C16H25F3N4O3S/c1-4-20-15(23-12(2)7-9-27(3,24)25)22-10-13-6-5-8-21-14(13)26-11-16(17,18)19/h5-6,8,12H,4,7,9-11H2,1-3H3,(H2,20,22,23). The van der Waals surface area contributed by atoms with Gasteiger partial charge in [-0.2, -0.15) is 13.2 Å². The molecule has 0 radical (unpaired) electrons. The second-order valence-electron chi connectivity index (χ2n) is 6.03. The van der Waals surface area contributed by atoms with Crippen LogP contribution in [0.3, 0.4) is 0 Å². The number of rotatable bonds is 9. The van der Waals surface area contributed by atoms with Crippen molar-refractivity contribution >= 4 is 15.8 Å². The lowest BCUT2D eigenvalue weighted by molar-refractivity contribution is -0.154. The number of nitrogens with zero attached hydrogens (tertiary/aromatic N) is 2. The molecule has 0 bridgehead atoms. The molecule has 0 saturated carbocycles. The fourth-order valence-corrected chi connectivity index (χ4v) is 2.79. The van der Waals surface area contributed by atoms with E-state index in [9.17, 15) is 21.6 Å². The maximum absolute atomic E-state index is 12.3. The van der Waals surface area contributed by atoms with E-state index in [1.807, 2.05) is 13.8 Å². The maximum atomic E-state index is 12.3. The van der Waals surface area contributed by atoms with E-state index in [1.165, 1.54) is 12.5 Å². The van der Waals surface area contributed by atoms with Crippen molar-refractivity contribution in [3.05, 3.63) is 23.9 Å². The number of aliphatic imine (C=N–C) groups is 1. The number of ether oxygens (including phenoxy) is 1. The summed E-state index contributed by atoms with van der Waals surface area (Å²) in [6.07, 6.45) is -1.54. The van der Waals surface area contributed by atoms with Crippen molar-refractivity contribution < 1.29 is 26.3 Å². The van der Waals surface area contributed by atoms with E-state index in [1.54, 1.807) is 12.1 Å². The van der Waals surface area contributed by atoms with Crippen LogP contribution in [0.2, 0.25) is 0 Å². The van der Waals surface area contributed by atoms with Crippen LogP contribution < -0.4 is 15.4 Å². The Kier molecular flexibility index (Phi) is 8.80. The van der Waals surface area contributed by atoms with Crippen LogP contribution in [0.5, 0.6) is 5.88 Å². The molecule has 7 nitrogen and oxygen atoms in total. The van der Waals surface area contributed by atoms with Crippen molar-refractivity contribution in [3.63, 3.8) is 0 Å². The molecule has 1 rings (SSSR count). The molecule has 0 spiro atoms. The van der Waals surface area contributed by atoms with Gasteiger partial charge in [0.2, 0.25) is 5.88 Å². The van der Waals surface area contributed by atoms with Crippen LogP contribution in [0.4, 0.5) is 13.2 Å². The first kappa shape index (κ1) is 23.0. The highest BCUT2D eigenvalue weighted by Crippen LogP contribution is 2.20. The van der Waals surface area contributed by atoms with E-state index in [4.69, 9.17) is 4.74 Å². The molecule has 1 atom stereocenters. The minimum absolute atomic E-state index is 0.0403. The summed E-state index contributed by atoms with van der Waals surface area (Å²) in [7, 11) is -3.06. The van der Waals surface area contributed by atoms with E-state index in [0.29, 0.717) is 24.5 Å². The van der Waals surface area contributed by atoms with Gasteiger partial charge in [0.1, 0.15) is 9.84 Å². The highest BCUT2D eigenvalue weighted by Gasteiger charge is 2.29. The fraction of sp³-hybridized carbons (Fsp3) is 0.625. The number of halogens is 3. The van der Waals surface area contributed by atoms with E-state index in [-0.39, 0.29) is 24.2 Å². The third-order valence-electron chi connectivity index (χ3n) is 3.28. The summed E-state index contributed by atoms with van der Waals surface area (Å²) in [5.74, 6) is 0.335. The number of alkyl halides is 3. The number of aromatic nitrogens is 1. The molecule has 0 aromatic carbocycles. The van der Waals surface area contributed by atoms with Crippen molar-refractivity contribution in [2.24, 2.45) is 4.99 Å². The van der Waals surface area contributed by atoms with Gasteiger partial charge in [0.15, 0.2) is 12.6 Å². The summed E-state index contributed by atoms with van der Waals surface area (Å²) in [5.41, 5.74) is 0.405. The van der Waals surface area contributed by atoms with E-state index in [0.717, 1.165) is 0 Å². The average Bonchev–Trinajstić information content (AvgIpc) is 2.55. The molecule has 11 heteroatoms. The monoisotopic (exact) mass is 410 g/mol. The van der Waals surface area contributed by atoms with Crippen LogP contribution in [0.25, 0.3) is 0 Å². The summed E-state index contributed by atoms with van der Waals surface area (Å²) in [6.45, 7) is 2.87. The molecule has 1 aromatic rings. The summed E-state index contributed by atoms with van der Waals surface area (Å²) >= 11 is 0. The number of pyridine rings is 1. The molecule has 1 unspecified atom stereocenters. The molecule has 0 amide bonds. The SMILES string of the molecule is CCNC(=NCc1cccnc1OCC(F)(F)F)NC(C)CCS(C)(=O)=O. The Labute approximate surface area is 157 Å². The maximum Gasteiger partial charge on any atom is 0.422 e. The van der Waals surface area contributed by atoms with Gasteiger partial charge in [-0.05, 0) is 26.3 Å². The summed E-state index contributed by atoms with van der Waals surface area (Å²) in [5, 5.41) is 6.07. The van der Waals surface area contributed by atoms with Gasteiger partial charge in [0, 0.05) is 30.6 Å². The normalized spacial score (nSPS) is 13.9. The van der Waals surface area contributed by atoms with Gasteiger partial charge in [-0.1, -0.05) is 6.07 Å². The zero-order chi connectivity index (χ0) is 20.5. The molecule has 0 fully saturated rings. The first-order valence-corrected chi connectivity index (χ1v) is 10.4. The number of sulfone groups is 1. The van der Waals surface area contributed by atoms with E-state index >= 15 is 0 Å². The molecular formula is C16H25F3N4O3S. The van der Waals surface area contributed by atoms with Gasteiger partial charge in [0.25, 0.3) is 0 Å². The Morgan fingerprint density at radius 2 is 2.11 bits per heavy atom. The molecule has 27 heavy (non-hydrogen) atoms. The van der Waals surface area contributed by atoms with Crippen LogP contribution in [-0.4, -0.2) is 56.7 Å². The van der Waals surface area contributed by atoms with Crippen LogP contribution in [0, 0.1) is 0 Å². The minimum Gasteiger partial charge on any atom is -0.468 e. The van der Waals surface area contributed by atoms with Crippen molar-refractivity contribution in [1.29, 1.82) is 0 Å². The van der Waals surface area contributed by atoms with Crippen LogP contribution in [0.1, 0.15) is 25.8 Å². The predicted molar refractivity (Wildman–Crippen MR) is 97.5 cm³/mol. The molecular weight excluding hydrogens is 385 g/mol. The zero-order valence-electron chi connectivity index (χ0n) is 15.5. The number of hydrogen-bond donors (Lipinski definition) is 2. The molecule has 0 aliphatic rings. The van der Waals surface area contributed by atoms with Gasteiger partial charge in [-0.3, -0.25) is 0 Å². The van der Waals surface area contributed by atoms with Crippen molar-refractivity contribution in [2.45, 2.75) is 39.0 Å². The minimum atomic E-state index is -4.45. The lowest BCUT2D eigenvalue weighted by Crippen LogP contribution is -2.42. The molecule has 1 heterocycles. The summed E-state index contributed by atoms with van der Waals surface area (Å²) < 4.78 is 64.3. The third-order valence-corrected chi connectivity index (χ3v) is 4.26. The second kappa shape index (κ2) is 10.3. The number of guanidine groups is 1. The van der Waals surface area contributed by atoms with Gasteiger partial charge in [0.05, 0.1) is 12.3 Å². The second-order valence-corrected chi connectivity index (χ2v) is 8.29. The fourth-order valence-electron chi connectivity index (χ4n) is 2.01.